The highest BCUT2D eigenvalue weighted by molar-refractivity contribution is 7.92. The van der Waals surface area contributed by atoms with Crippen molar-refractivity contribution in [2.45, 2.75) is 13.8 Å². The van der Waals surface area contributed by atoms with Crippen molar-refractivity contribution in [1.82, 2.24) is 4.98 Å². The molecule has 2 N–H and O–H groups in total. The first-order valence-electron chi connectivity index (χ1n) is 12.4. The van der Waals surface area contributed by atoms with Crippen molar-refractivity contribution < 1.29 is 13.2 Å². The number of carbonyl (C=O) groups excluding carboxylic acids is 1. The fourth-order valence-corrected chi connectivity index (χ4v) is 5.32. The van der Waals surface area contributed by atoms with Crippen molar-refractivity contribution in [3.8, 4) is 22.4 Å². The van der Waals surface area contributed by atoms with E-state index in [0.29, 0.717) is 39.3 Å². The lowest BCUT2D eigenvalue weighted by Crippen LogP contribution is -2.13. The van der Waals surface area contributed by atoms with Gasteiger partial charge < -0.3 is 5.32 Å². The lowest BCUT2D eigenvalue weighted by atomic mass is 9.82. The summed E-state index contributed by atoms with van der Waals surface area (Å²) in [6.07, 6.45) is 1.12. The van der Waals surface area contributed by atoms with E-state index in [9.17, 15) is 13.2 Å². The molecule has 1 aromatic heterocycles. The molecule has 0 saturated carbocycles. The molecule has 0 spiro atoms. The molecule has 1 aliphatic rings. The van der Waals surface area contributed by atoms with Gasteiger partial charge in [-0.3, -0.25) is 9.52 Å². The number of para-hydroxylation sites is 2. The molecule has 38 heavy (non-hydrogen) atoms. The van der Waals surface area contributed by atoms with Crippen LogP contribution in [0.3, 0.4) is 0 Å². The highest BCUT2D eigenvalue weighted by Gasteiger charge is 2.29. The van der Waals surface area contributed by atoms with Gasteiger partial charge in [0.1, 0.15) is 0 Å². The van der Waals surface area contributed by atoms with Gasteiger partial charge in [0.15, 0.2) is 5.78 Å². The number of rotatable bonds is 5. The Bertz CT molecular complexity index is 1780. The van der Waals surface area contributed by atoms with Gasteiger partial charge in [0, 0.05) is 22.2 Å². The number of carbonyl (C=O) groups is 1. The molecule has 7 heteroatoms. The smallest absolute Gasteiger partial charge is 0.229 e. The summed E-state index contributed by atoms with van der Waals surface area (Å²) in [7, 11) is -3.48. The lowest BCUT2D eigenvalue weighted by molar-refractivity contribution is 0.104. The Hall–Kier alpha value is -4.49. The number of benzene rings is 4. The van der Waals surface area contributed by atoms with Gasteiger partial charge in [0.2, 0.25) is 10.0 Å². The van der Waals surface area contributed by atoms with E-state index in [1.165, 1.54) is 0 Å². The first kappa shape index (κ1) is 25.2. The van der Waals surface area contributed by atoms with Crippen LogP contribution in [0.25, 0.3) is 33.3 Å². The second-order valence-electron chi connectivity index (χ2n) is 8.72. The zero-order valence-corrected chi connectivity index (χ0v) is 22.1. The maximum atomic E-state index is 13.7. The zero-order chi connectivity index (χ0) is 26.9. The lowest BCUT2D eigenvalue weighted by Gasteiger charge is -2.23. The molecule has 0 radical (unpaired) electrons. The summed E-state index contributed by atoms with van der Waals surface area (Å²) in [6, 6.07) is 30.1. The summed E-state index contributed by atoms with van der Waals surface area (Å²) in [5.41, 5.74) is 6.87. The van der Waals surface area contributed by atoms with Gasteiger partial charge in [-0.1, -0.05) is 74.5 Å². The molecule has 0 saturated heterocycles. The van der Waals surface area contributed by atoms with Crippen LogP contribution in [-0.2, 0) is 10.0 Å². The highest BCUT2D eigenvalue weighted by atomic mass is 32.2. The number of aromatic nitrogens is 1. The van der Waals surface area contributed by atoms with E-state index in [2.05, 4.69) is 10.0 Å². The van der Waals surface area contributed by atoms with E-state index in [1.54, 1.807) is 12.1 Å². The van der Waals surface area contributed by atoms with Crippen LogP contribution in [0.4, 0.5) is 17.1 Å². The molecule has 0 fully saturated rings. The van der Waals surface area contributed by atoms with Crippen molar-refractivity contribution >= 4 is 43.8 Å². The Balaban J connectivity index is 0.00000144. The summed E-state index contributed by atoms with van der Waals surface area (Å²) in [5, 5.41) is 4.17. The summed E-state index contributed by atoms with van der Waals surface area (Å²) < 4.78 is 26.6. The Labute approximate surface area is 222 Å². The second-order valence-corrected chi connectivity index (χ2v) is 10.5. The van der Waals surface area contributed by atoms with E-state index in [1.807, 2.05) is 98.8 Å². The third kappa shape index (κ3) is 4.64. The van der Waals surface area contributed by atoms with Gasteiger partial charge in [0.05, 0.1) is 34.4 Å². The first-order chi connectivity index (χ1) is 18.4. The number of anilines is 3. The van der Waals surface area contributed by atoms with Gasteiger partial charge in [-0.25, -0.2) is 13.4 Å². The molecule has 5 aromatic rings. The van der Waals surface area contributed by atoms with Crippen molar-refractivity contribution in [1.29, 1.82) is 0 Å². The molecule has 190 valence electrons. The number of hydrogen-bond acceptors (Lipinski definition) is 5. The van der Waals surface area contributed by atoms with Gasteiger partial charge in [0.25, 0.3) is 0 Å². The van der Waals surface area contributed by atoms with Gasteiger partial charge in [-0.15, -0.1) is 0 Å². The van der Waals surface area contributed by atoms with E-state index < -0.39 is 10.0 Å². The van der Waals surface area contributed by atoms with Crippen LogP contribution < -0.4 is 10.0 Å². The maximum Gasteiger partial charge on any atom is 0.229 e. The topological polar surface area (TPSA) is 88.2 Å². The minimum Gasteiger partial charge on any atom is -0.355 e. The number of fused-ring (bicyclic) bond motifs is 2. The number of sulfonamides is 1. The van der Waals surface area contributed by atoms with Gasteiger partial charge in [-0.2, -0.15) is 0 Å². The van der Waals surface area contributed by atoms with Crippen LogP contribution >= 0.6 is 0 Å². The Kier molecular flexibility index (Phi) is 6.70. The zero-order valence-electron chi connectivity index (χ0n) is 21.3. The molecule has 0 bridgehead atoms. The molecule has 0 unspecified atom stereocenters. The standard InChI is InChI=1S/C29H21N3O3S.C2H6/c1-36(34,35)32-23-14-8-7-13-21(23)26-17-22-19-11-5-6-12-20(19)29(33)28-25(16-15-24(31-26)27(22)28)30-18-9-3-2-4-10-18;1-2/h2-17,30,32H,1H3;1-2H3. The van der Waals surface area contributed by atoms with Crippen molar-refractivity contribution in [3.05, 3.63) is 108 Å². The van der Waals surface area contributed by atoms with Crippen LogP contribution in [0.1, 0.15) is 29.8 Å². The number of nitrogens with zero attached hydrogens (tertiary/aromatic N) is 1. The van der Waals surface area contributed by atoms with Crippen LogP contribution in [0, 0.1) is 0 Å². The summed E-state index contributed by atoms with van der Waals surface area (Å²) in [5.74, 6) is -0.0594. The normalized spacial score (nSPS) is 11.8. The molecule has 6 rings (SSSR count). The third-order valence-electron chi connectivity index (χ3n) is 6.21. The van der Waals surface area contributed by atoms with Gasteiger partial charge in [-0.05, 0) is 47.5 Å². The number of hydrogen-bond donors (Lipinski definition) is 2. The van der Waals surface area contributed by atoms with Crippen LogP contribution in [0.2, 0.25) is 0 Å². The Morgan fingerprint density at radius 1 is 0.684 bits per heavy atom. The molecule has 0 aliphatic heterocycles. The molecular formula is C31H27N3O3S. The Morgan fingerprint density at radius 2 is 1.32 bits per heavy atom. The summed E-state index contributed by atoms with van der Waals surface area (Å²) >= 11 is 0. The highest BCUT2D eigenvalue weighted by Crippen LogP contribution is 2.44. The molecule has 1 aliphatic carbocycles. The SMILES string of the molecule is CC.CS(=O)(=O)Nc1ccccc1-c1cc2c3c(c(Nc4ccccc4)ccc3n1)C(=O)c1ccccc1-2. The Morgan fingerprint density at radius 3 is 2.03 bits per heavy atom. The minimum absolute atomic E-state index is 0.0594. The predicted molar refractivity (Wildman–Crippen MR) is 156 cm³/mol. The van der Waals surface area contributed by atoms with E-state index in [0.717, 1.165) is 28.5 Å². The summed E-state index contributed by atoms with van der Waals surface area (Å²) in [4.78, 5) is 18.6. The molecule has 1 heterocycles. The van der Waals surface area contributed by atoms with Crippen molar-refractivity contribution in [3.63, 3.8) is 0 Å². The number of pyridine rings is 1. The quantitative estimate of drug-likeness (QED) is 0.249. The average Bonchev–Trinajstić information content (AvgIpc) is 2.93. The van der Waals surface area contributed by atoms with Gasteiger partial charge >= 0.3 is 0 Å². The number of ketones is 1. The predicted octanol–water partition coefficient (Wildman–Crippen LogP) is 7.25. The minimum atomic E-state index is -3.48. The number of nitrogens with one attached hydrogen (secondary N) is 2. The molecule has 4 aromatic carbocycles. The van der Waals surface area contributed by atoms with E-state index >= 15 is 0 Å². The molecular weight excluding hydrogens is 494 g/mol. The summed E-state index contributed by atoms with van der Waals surface area (Å²) in [6.45, 7) is 4.00. The van der Waals surface area contributed by atoms with Crippen molar-refractivity contribution in [2.24, 2.45) is 0 Å². The first-order valence-corrected chi connectivity index (χ1v) is 14.3. The van der Waals surface area contributed by atoms with Crippen LogP contribution in [0.15, 0.2) is 97.1 Å². The van der Waals surface area contributed by atoms with Crippen molar-refractivity contribution in [2.75, 3.05) is 16.3 Å². The molecule has 0 atom stereocenters. The largest absolute Gasteiger partial charge is 0.355 e. The van der Waals surface area contributed by atoms with Crippen LogP contribution in [0.5, 0.6) is 0 Å². The average molecular weight is 522 g/mol. The van der Waals surface area contributed by atoms with Crippen LogP contribution in [-0.4, -0.2) is 25.4 Å². The maximum absolute atomic E-state index is 13.7. The molecule has 0 amide bonds. The fourth-order valence-electron chi connectivity index (χ4n) is 4.74. The fraction of sp³-hybridized carbons (Fsp3) is 0.0968. The third-order valence-corrected chi connectivity index (χ3v) is 6.81. The molecule has 6 nitrogen and oxygen atoms in total. The second kappa shape index (κ2) is 10.1. The van der Waals surface area contributed by atoms with E-state index in [4.69, 9.17) is 4.98 Å². The monoisotopic (exact) mass is 521 g/mol. The van der Waals surface area contributed by atoms with E-state index in [-0.39, 0.29) is 5.78 Å².